The second kappa shape index (κ2) is 8.51. The quantitative estimate of drug-likeness (QED) is 0.577. The van der Waals surface area contributed by atoms with Gasteiger partial charge in [-0.05, 0) is 31.2 Å². The highest BCUT2D eigenvalue weighted by molar-refractivity contribution is 7.14. The predicted molar refractivity (Wildman–Crippen MR) is 104 cm³/mol. The first-order valence-electron chi connectivity index (χ1n) is 7.88. The Bertz CT molecular complexity index is 986. The normalized spacial score (nSPS) is 10.6. The number of anilines is 1. The van der Waals surface area contributed by atoms with E-state index in [1.165, 1.54) is 11.3 Å². The Morgan fingerprint density at radius 3 is 2.85 bits per heavy atom. The number of carbonyl (C=O) groups is 2. The number of aromatic amines is 1. The molecule has 3 rings (SSSR count). The van der Waals surface area contributed by atoms with Crippen LogP contribution in [-0.4, -0.2) is 33.7 Å². The van der Waals surface area contributed by atoms with Crippen molar-refractivity contribution in [2.24, 2.45) is 0 Å². The Morgan fingerprint density at radius 1 is 1.30 bits per heavy atom. The molecule has 0 aliphatic heterocycles. The number of hydrogen-bond donors (Lipinski definition) is 2. The fourth-order valence-corrected chi connectivity index (χ4v) is 3.45. The van der Waals surface area contributed by atoms with Crippen molar-refractivity contribution in [2.75, 3.05) is 11.9 Å². The summed E-state index contributed by atoms with van der Waals surface area (Å²) >= 11 is 13.3. The maximum absolute atomic E-state index is 12.4. The molecule has 0 radical (unpaired) electrons. The van der Waals surface area contributed by atoms with Crippen LogP contribution < -0.4 is 5.32 Å². The van der Waals surface area contributed by atoms with Crippen molar-refractivity contribution in [1.29, 1.82) is 0 Å². The maximum Gasteiger partial charge on any atom is 0.311 e. The molecule has 1 aromatic carbocycles. The largest absolute Gasteiger partial charge is 0.466 e. The summed E-state index contributed by atoms with van der Waals surface area (Å²) < 4.78 is 4.87. The van der Waals surface area contributed by atoms with E-state index in [4.69, 9.17) is 27.9 Å². The molecule has 2 N–H and O–H groups in total. The van der Waals surface area contributed by atoms with Crippen molar-refractivity contribution in [2.45, 2.75) is 13.3 Å². The molecule has 0 saturated heterocycles. The number of H-pyrrole nitrogens is 1. The standard InChI is InChI=1S/C17H14Cl2N4O3S/c1-2-26-15(24)6-10-8-27-17(20-10)21-16(25)14-7-13(22-23-14)11-4-3-9(18)5-12(11)19/h3-5,7-8H,2,6H2,1H3,(H,22,23)(H,20,21,25). The minimum absolute atomic E-state index is 0.0590. The molecule has 0 bridgehead atoms. The molecular weight excluding hydrogens is 411 g/mol. The number of benzene rings is 1. The molecule has 0 aliphatic rings. The highest BCUT2D eigenvalue weighted by Gasteiger charge is 2.15. The number of thiazole rings is 1. The number of rotatable bonds is 6. The lowest BCUT2D eigenvalue weighted by atomic mass is 10.1. The Balaban J connectivity index is 1.68. The summed E-state index contributed by atoms with van der Waals surface area (Å²) in [5.74, 6) is -0.769. The van der Waals surface area contributed by atoms with Gasteiger partial charge in [-0.1, -0.05) is 23.2 Å². The minimum Gasteiger partial charge on any atom is -0.466 e. The van der Waals surface area contributed by atoms with E-state index in [-0.39, 0.29) is 18.1 Å². The molecule has 0 unspecified atom stereocenters. The number of amides is 1. The van der Waals surface area contributed by atoms with Gasteiger partial charge in [-0.2, -0.15) is 5.10 Å². The summed E-state index contributed by atoms with van der Waals surface area (Å²) in [6.45, 7) is 2.05. The van der Waals surface area contributed by atoms with Crippen molar-refractivity contribution in [3.05, 3.63) is 51.1 Å². The highest BCUT2D eigenvalue weighted by Crippen LogP contribution is 2.29. The van der Waals surface area contributed by atoms with E-state index in [9.17, 15) is 9.59 Å². The van der Waals surface area contributed by atoms with E-state index < -0.39 is 5.91 Å². The van der Waals surface area contributed by atoms with Gasteiger partial charge >= 0.3 is 5.97 Å². The van der Waals surface area contributed by atoms with Crippen LogP contribution in [0.4, 0.5) is 5.13 Å². The van der Waals surface area contributed by atoms with Crippen molar-refractivity contribution in [3.63, 3.8) is 0 Å². The van der Waals surface area contributed by atoms with Gasteiger partial charge in [0, 0.05) is 16.0 Å². The number of hydrogen-bond acceptors (Lipinski definition) is 6. The molecule has 0 spiro atoms. The molecule has 10 heteroatoms. The first-order chi connectivity index (χ1) is 13.0. The molecule has 0 atom stereocenters. The average Bonchev–Trinajstić information content (AvgIpc) is 3.25. The number of esters is 1. The van der Waals surface area contributed by atoms with Crippen LogP contribution in [0.15, 0.2) is 29.6 Å². The van der Waals surface area contributed by atoms with Gasteiger partial charge in [0.15, 0.2) is 5.13 Å². The molecule has 0 saturated carbocycles. The molecular formula is C17H14Cl2N4O3S. The summed E-state index contributed by atoms with van der Waals surface area (Å²) in [4.78, 5) is 28.0. The Labute approximate surface area is 168 Å². The van der Waals surface area contributed by atoms with Crippen LogP contribution in [0.2, 0.25) is 10.0 Å². The summed E-state index contributed by atoms with van der Waals surface area (Å²) in [7, 11) is 0. The Hall–Kier alpha value is -2.42. The van der Waals surface area contributed by atoms with Gasteiger partial charge in [0.2, 0.25) is 0 Å². The summed E-state index contributed by atoms with van der Waals surface area (Å²) in [5, 5.41) is 12.5. The first-order valence-corrected chi connectivity index (χ1v) is 9.52. The second-order valence-electron chi connectivity index (χ2n) is 5.37. The van der Waals surface area contributed by atoms with Crippen LogP contribution in [0, 0.1) is 0 Å². The number of aromatic nitrogens is 3. The lowest BCUT2D eigenvalue weighted by Crippen LogP contribution is -2.12. The third-order valence-corrected chi connectivity index (χ3v) is 4.79. The van der Waals surface area contributed by atoms with Crippen LogP contribution in [0.5, 0.6) is 0 Å². The minimum atomic E-state index is -0.407. The van der Waals surface area contributed by atoms with Crippen molar-refractivity contribution >= 4 is 51.5 Å². The average molecular weight is 425 g/mol. The van der Waals surface area contributed by atoms with Gasteiger partial charge in [0.25, 0.3) is 5.91 Å². The van der Waals surface area contributed by atoms with Crippen molar-refractivity contribution in [3.8, 4) is 11.3 Å². The molecule has 7 nitrogen and oxygen atoms in total. The smallest absolute Gasteiger partial charge is 0.311 e. The van der Waals surface area contributed by atoms with Crippen LogP contribution in [0.3, 0.4) is 0 Å². The molecule has 140 valence electrons. The van der Waals surface area contributed by atoms with Gasteiger partial charge in [-0.3, -0.25) is 20.0 Å². The lowest BCUT2D eigenvalue weighted by molar-refractivity contribution is -0.142. The predicted octanol–water partition coefficient (Wildman–Crippen LogP) is 4.20. The van der Waals surface area contributed by atoms with Crippen LogP contribution in [0.1, 0.15) is 23.1 Å². The molecule has 2 heterocycles. The number of ether oxygens (including phenoxy) is 1. The van der Waals surface area contributed by atoms with E-state index >= 15 is 0 Å². The number of nitrogens with zero attached hydrogens (tertiary/aromatic N) is 2. The molecule has 2 aromatic heterocycles. The van der Waals surface area contributed by atoms with Gasteiger partial charge in [0.05, 0.1) is 29.4 Å². The second-order valence-corrected chi connectivity index (χ2v) is 7.07. The molecule has 0 aliphatic carbocycles. The van der Waals surface area contributed by atoms with Gasteiger partial charge in [-0.25, -0.2) is 4.98 Å². The number of halogens is 2. The zero-order valence-corrected chi connectivity index (χ0v) is 16.4. The van der Waals surface area contributed by atoms with E-state index in [0.29, 0.717) is 38.7 Å². The number of nitrogens with one attached hydrogen (secondary N) is 2. The SMILES string of the molecule is CCOC(=O)Cc1csc(NC(=O)c2cc(-c3ccc(Cl)cc3Cl)n[nH]2)n1. The molecule has 1 amide bonds. The Morgan fingerprint density at radius 2 is 2.11 bits per heavy atom. The Kier molecular flexibility index (Phi) is 6.10. The van der Waals surface area contributed by atoms with Crippen LogP contribution in [0.25, 0.3) is 11.3 Å². The summed E-state index contributed by atoms with van der Waals surface area (Å²) in [6, 6.07) is 6.61. The van der Waals surface area contributed by atoms with Gasteiger partial charge in [-0.15, -0.1) is 11.3 Å². The summed E-state index contributed by atoms with van der Waals surface area (Å²) in [5.41, 5.74) is 1.96. The maximum atomic E-state index is 12.4. The zero-order valence-electron chi connectivity index (χ0n) is 14.1. The monoisotopic (exact) mass is 424 g/mol. The third kappa shape index (κ3) is 4.85. The van der Waals surface area contributed by atoms with Crippen molar-refractivity contribution < 1.29 is 14.3 Å². The van der Waals surface area contributed by atoms with E-state index in [1.807, 2.05) is 0 Å². The third-order valence-electron chi connectivity index (χ3n) is 3.43. The molecule has 0 fully saturated rings. The lowest BCUT2D eigenvalue weighted by Gasteiger charge is -2.00. The van der Waals surface area contributed by atoms with Gasteiger partial charge in [0.1, 0.15) is 5.69 Å². The zero-order chi connectivity index (χ0) is 19.4. The number of carbonyl (C=O) groups excluding carboxylic acids is 2. The molecule has 3 aromatic rings. The van der Waals surface area contributed by atoms with Crippen LogP contribution >= 0.6 is 34.5 Å². The fourth-order valence-electron chi connectivity index (χ4n) is 2.24. The van der Waals surface area contributed by atoms with E-state index in [2.05, 4.69) is 20.5 Å². The van der Waals surface area contributed by atoms with E-state index in [0.717, 1.165) is 0 Å². The topological polar surface area (TPSA) is 97.0 Å². The van der Waals surface area contributed by atoms with Gasteiger partial charge < -0.3 is 4.74 Å². The van der Waals surface area contributed by atoms with Crippen LogP contribution in [-0.2, 0) is 16.0 Å². The molecule has 27 heavy (non-hydrogen) atoms. The highest BCUT2D eigenvalue weighted by atomic mass is 35.5. The first kappa shape index (κ1) is 19.3. The van der Waals surface area contributed by atoms with E-state index in [1.54, 1.807) is 36.6 Å². The van der Waals surface area contributed by atoms with Crippen molar-refractivity contribution in [1.82, 2.24) is 15.2 Å². The fraction of sp³-hybridized carbons (Fsp3) is 0.176. The summed E-state index contributed by atoms with van der Waals surface area (Å²) in [6.07, 6.45) is 0.0590.